The molecule has 4 saturated carbocycles. The van der Waals surface area contributed by atoms with Crippen molar-refractivity contribution in [2.24, 2.45) is 50.2 Å². The molecule has 2 N–H and O–H groups in total. The minimum atomic E-state index is -1.38. The third kappa shape index (κ3) is 4.47. The number of esters is 1. The third-order valence-electron chi connectivity index (χ3n) is 15.5. The third-order valence-corrected chi connectivity index (χ3v) is 15.5. The van der Waals surface area contributed by atoms with E-state index in [1.807, 2.05) is 13.0 Å². The van der Waals surface area contributed by atoms with Crippen molar-refractivity contribution in [3.05, 3.63) is 33.8 Å². The van der Waals surface area contributed by atoms with E-state index in [-0.39, 0.29) is 47.2 Å². The number of nitrogens with zero attached hydrogens (tertiary/aromatic N) is 1. The van der Waals surface area contributed by atoms with Gasteiger partial charge in [-0.3, -0.25) is 24.1 Å². The van der Waals surface area contributed by atoms with E-state index in [0.717, 1.165) is 24.8 Å². The largest absolute Gasteiger partial charge is 0.519 e. The summed E-state index contributed by atoms with van der Waals surface area (Å²) < 4.78 is 15.9. The first-order chi connectivity index (χ1) is 23.2. The molecular weight excluding hydrogens is 644 g/mol. The van der Waals surface area contributed by atoms with E-state index >= 15 is 0 Å². The maximum atomic E-state index is 14.8. The van der Waals surface area contributed by atoms with Crippen molar-refractivity contribution in [2.45, 2.75) is 119 Å². The van der Waals surface area contributed by atoms with E-state index in [1.54, 1.807) is 6.92 Å². The van der Waals surface area contributed by atoms with Crippen LogP contribution in [0.1, 0.15) is 111 Å². The number of nitrogens with one attached hydrogen (secondary N) is 1. The van der Waals surface area contributed by atoms with Crippen LogP contribution in [0.4, 0.5) is 4.79 Å². The molecule has 1 aromatic rings. The van der Waals surface area contributed by atoms with Crippen molar-refractivity contribution in [1.82, 2.24) is 10.2 Å². The van der Waals surface area contributed by atoms with Crippen LogP contribution in [-0.2, 0) is 30.5 Å². The lowest BCUT2D eigenvalue weighted by atomic mass is 9.33. The van der Waals surface area contributed by atoms with Gasteiger partial charge >= 0.3 is 23.8 Å². The topological polar surface area (TPSA) is 173 Å². The number of carboxylic acids is 1. The summed E-state index contributed by atoms with van der Waals surface area (Å²) >= 11 is 0. The number of fused-ring (bicyclic) bond motifs is 7. The van der Waals surface area contributed by atoms with Crippen molar-refractivity contribution >= 4 is 29.7 Å². The molecule has 5 aliphatic carbocycles. The van der Waals surface area contributed by atoms with Crippen molar-refractivity contribution in [1.29, 1.82) is 0 Å². The van der Waals surface area contributed by atoms with Gasteiger partial charge in [0.15, 0.2) is 23.9 Å². The highest BCUT2D eigenvalue weighted by atomic mass is 16.6. The molecule has 1 saturated heterocycles. The first-order valence-electron chi connectivity index (χ1n) is 18.1. The highest BCUT2D eigenvalue weighted by Gasteiger charge is 2.73. The van der Waals surface area contributed by atoms with Crippen molar-refractivity contribution in [3.63, 3.8) is 0 Å². The molecule has 12 heteroatoms. The fraction of sp³-hybridized carbons (Fsp3) is 0.737. The molecule has 0 spiro atoms. The average molecular weight is 695 g/mol. The molecule has 12 nitrogen and oxygen atoms in total. The summed E-state index contributed by atoms with van der Waals surface area (Å²) in [5.74, 6) is -3.37. The van der Waals surface area contributed by atoms with E-state index in [9.17, 15) is 33.9 Å². The number of amides is 3. The Hall–Kier alpha value is -3.70. The zero-order valence-electron chi connectivity index (χ0n) is 30.2. The molecule has 272 valence electrons. The Morgan fingerprint density at radius 1 is 0.960 bits per heavy atom. The average Bonchev–Trinajstić information content (AvgIpc) is 3.55. The number of allylic oxidation sites excluding steroid dienone is 2. The predicted molar refractivity (Wildman–Crippen MR) is 177 cm³/mol. The first kappa shape index (κ1) is 34.7. The number of aliphatic carboxylic acids is 1. The number of hydrogen-bond donors (Lipinski definition) is 2. The van der Waals surface area contributed by atoms with E-state index in [4.69, 9.17) is 13.6 Å². The number of carboxylic acid groups (broad SMARTS) is 1. The molecule has 50 heavy (non-hydrogen) atoms. The number of imide groups is 1. The number of urea groups is 1. The van der Waals surface area contributed by atoms with Crippen LogP contribution in [-0.4, -0.2) is 52.3 Å². The number of carbonyl (C=O) groups is 5. The second kappa shape index (κ2) is 10.9. The Morgan fingerprint density at radius 3 is 2.28 bits per heavy atom. The molecule has 2 heterocycles. The zero-order valence-corrected chi connectivity index (χ0v) is 30.2. The van der Waals surface area contributed by atoms with Gasteiger partial charge in [0.2, 0.25) is 5.91 Å². The number of aryl methyl sites for hydroxylation is 1. The Balaban J connectivity index is 1.30. The van der Waals surface area contributed by atoms with Crippen molar-refractivity contribution < 1.29 is 42.7 Å². The van der Waals surface area contributed by atoms with Crippen LogP contribution in [0.25, 0.3) is 0 Å². The SMILES string of the molecule is Cc1oc(=O)oc1COC(=O)[C@]1(C)[C@@H](N2C(=O)CNC2=O)CC[C@@]2(C)[C@H]1CC[C@]1(C)[C@@H]2C(=O)C=C2[C@@H]3C[C@@](C)(C(=O)O)CC[C@]3(C)CC[C@]21C. The number of carbonyl (C=O) groups excluding carboxylic acids is 4. The lowest BCUT2D eigenvalue weighted by molar-refractivity contribution is -0.210. The highest BCUT2D eigenvalue weighted by Crippen LogP contribution is 2.75. The van der Waals surface area contributed by atoms with E-state index < -0.39 is 69.2 Å². The van der Waals surface area contributed by atoms with Crippen LogP contribution in [0.3, 0.4) is 0 Å². The second-order valence-corrected chi connectivity index (χ2v) is 17.8. The number of hydrogen-bond acceptors (Lipinski definition) is 9. The van der Waals surface area contributed by atoms with Gasteiger partial charge in [-0.05, 0) is 118 Å². The molecular formula is C38H50N2O10. The zero-order chi connectivity index (χ0) is 36.4. The Morgan fingerprint density at radius 2 is 1.66 bits per heavy atom. The fourth-order valence-corrected chi connectivity index (χ4v) is 12.3. The predicted octanol–water partition coefficient (Wildman–Crippen LogP) is 5.55. The lowest BCUT2D eigenvalue weighted by Gasteiger charge is -2.70. The Kier molecular flexibility index (Phi) is 7.57. The molecule has 3 amide bonds. The second-order valence-electron chi connectivity index (χ2n) is 17.8. The number of ether oxygens (including phenoxy) is 1. The van der Waals surface area contributed by atoms with E-state index in [0.29, 0.717) is 38.5 Å². The van der Waals surface area contributed by atoms with E-state index in [1.165, 1.54) is 11.8 Å². The summed E-state index contributed by atoms with van der Waals surface area (Å²) in [4.78, 5) is 81.0. The lowest BCUT2D eigenvalue weighted by Crippen LogP contribution is -2.70. The van der Waals surface area contributed by atoms with Gasteiger partial charge in [0.05, 0.1) is 23.4 Å². The van der Waals surface area contributed by atoms with Crippen LogP contribution in [0.2, 0.25) is 0 Å². The molecule has 1 aromatic heterocycles. The summed E-state index contributed by atoms with van der Waals surface area (Å²) in [7, 11) is 0. The van der Waals surface area contributed by atoms with Crippen molar-refractivity contribution in [2.75, 3.05) is 6.54 Å². The maximum Gasteiger partial charge on any atom is 0.519 e. The first-order valence-corrected chi connectivity index (χ1v) is 18.1. The minimum Gasteiger partial charge on any atom is -0.481 e. The van der Waals surface area contributed by atoms with Gasteiger partial charge in [-0.15, -0.1) is 0 Å². The summed E-state index contributed by atoms with van der Waals surface area (Å²) in [6, 6.07) is -1.36. The molecule has 5 fully saturated rings. The van der Waals surface area contributed by atoms with Gasteiger partial charge in [-0.25, -0.2) is 9.59 Å². The van der Waals surface area contributed by atoms with Gasteiger partial charge < -0.3 is 24.0 Å². The standard InChI is InChI=1S/C38H50N2O10/c1-20-24(50-32(47)49-20)19-48-30(45)38(7)25-8-11-37(6)28(35(25,4)10-9-26(38)40-27(42)18-39-31(40)46)23(41)16-21-22-17-34(3,29(43)44)13-12-33(22,2)14-15-36(21,37)5/h16,22,25-26,28H,8-15,17-19H2,1-7H3,(H,39,46)(H,43,44)/t22-,25+,26-,28+,33+,34-,35-,36+,37+,38-/m0/s1. The van der Waals surface area contributed by atoms with Gasteiger partial charge in [0.25, 0.3) is 0 Å². The molecule has 0 radical (unpaired) electrons. The quantitative estimate of drug-likeness (QED) is 0.294. The Bertz CT molecular complexity index is 1780. The Labute approximate surface area is 291 Å². The molecule has 7 rings (SSSR count). The van der Waals surface area contributed by atoms with Crippen LogP contribution in [0.15, 0.2) is 25.3 Å². The molecule has 1 aliphatic heterocycles. The number of rotatable bonds is 5. The van der Waals surface area contributed by atoms with E-state index in [2.05, 4.69) is 33.0 Å². The van der Waals surface area contributed by atoms with Gasteiger partial charge in [-0.2, -0.15) is 0 Å². The monoisotopic (exact) mass is 694 g/mol. The van der Waals surface area contributed by atoms with Crippen LogP contribution in [0.5, 0.6) is 0 Å². The normalized spacial score (nSPS) is 43.9. The van der Waals surface area contributed by atoms with Gasteiger partial charge in [0.1, 0.15) is 0 Å². The minimum absolute atomic E-state index is 0.0129. The fourth-order valence-electron chi connectivity index (χ4n) is 12.3. The van der Waals surface area contributed by atoms with Crippen LogP contribution in [0, 0.1) is 57.2 Å². The molecule has 6 aliphatic rings. The summed E-state index contributed by atoms with van der Waals surface area (Å²) in [5.41, 5.74) is -2.77. The maximum absolute atomic E-state index is 14.8. The highest BCUT2D eigenvalue weighted by molar-refractivity contribution is 6.03. The van der Waals surface area contributed by atoms with Gasteiger partial charge in [-0.1, -0.05) is 33.3 Å². The van der Waals surface area contributed by atoms with Crippen LogP contribution >= 0.6 is 0 Å². The molecule has 0 aromatic carbocycles. The van der Waals surface area contributed by atoms with Crippen LogP contribution < -0.4 is 11.1 Å². The summed E-state index contributed by atoms with van der Waals surface area (Å²) in [6.45, 7) is 13.5. The summed E-state index contributed by atoms with van der Waals surface area (Å²) in [5, 5.41) is 12.8. The smallest absolute Gasteiger partial charge is 0.481 e. The van der Waals surface area contributed by atoms with Gasteiger partial charge in [0, 0.05) is 5.92 Å². The van der Waals surface area contributed by atoms with Crippen molar-refractivity contribution in [3.8, 4) is 0 Å². The number of ketones is 1. The summed E-state index contributed by atoms with van der Waals surface area (Å²) in [6.07, 6.45) is 7.62. The molecule has 10 atom stereocenters. The molecule has 0 unspecified atom stereocenters. The molecule has 0 bridgehead atoms.